The maximum Gasteiger partial charge on any atom is 0.234 e. The molecule has 6 heteroatoms. The lowest BCUT2D eigenvalue weighted by molar-refractivity contribution is -0.122. The largest absolute Gasteiger partial charge is 0.355 e. The molecule has 1 aliphatic carbocycles. The van der Waals surface area contributed by atoms with Crippen molar-refractivity contribution in [2.75, 3.05) is 26.2 Å². The number of benzene rings is 1. The number of nitrogens with zero attached hydrogens (tertiary/aromatic N) is 2. The minimum atomic E-state index is 0.112. The van der Waals surface area contributed by atoms with Crippen LogP contribution in [0.4, 0.5) is 0 Å². The van der Waals surface area contributed by atoms with E-state index in [-0.39, 0.29) is 17.9 Å². The lowest BCUT2D eigenvalue weighted by atomic mass is 9.85. The summed E-state index contributed by atoms with van der Waals surface area (Å²) < 4.78 is 2.09. The molecular formula is C23H32N4O2. The predicted molar refractivity (Wildman–Crippen MR) is 115 cm³/mol. The molecule has 1 saturated carbocycles. The number of para-hydroxylation sites is 1. The van der Waals surface area contributed by atoms with Crippen LogP contribution in [0.5, 0.6) is 0 Å². The van der Waals surface area contributed by atoms with Gasteiger partial charge in [-0.2, -0.15) is 0 Å². The Morgan fingerprint density at radius 1 is 1.24 bits per heavy atom. The summed E-state index contributed by atoms with van der Waals surface area (Å²) in [5.41, 5.74) is 2.25. The third-order valence-corrected chi connectivity index (χ3v) is 6.34. The summed E-state index contributed by atoms with van der Waals surface area (Å²) >= 11 is 0. The van der Waals surface area contributed by atoms with Gasteiger partial charge >= 0.3 is 0 Å². The highest BCUT2D eigenvalue weighted by molar-refractivity contribution is 5.89. The molecule has 2 aromatic rings. The van der Waals surface area contributed by atoms with E-state index in [4.69, 9.17) is 0 Å². The molecule has 2 aliphatic rings. The molecule has 1 aliphatic heterocycles. The van der Waals surface area contributed by atoms with Crippen molar-refractivity contribution < 1.29 is 9.59 Å². The van der Waals surface area contributed by atoms with E-state index in [0.717, 1.165) is 61.8 Å². The number of nitrogens with one attached hydrogen (secondary N) is 2. The average molecular weight is 397 g/mol. The molecule has 2 fully saturated rings. The second-order valence-corrected chi connectivity index (χ2v) is 8.69. The Morgan fingerprint density at radius 2 is 2.10 bits per heavy atom. The van der Waals surface area contributed by atoms with E-state index in [1.807, 2.05) is 19.2 Å². The van der Waals surface area contributed by atoms with E-state index in [0.29, 0.717) is 18.9 Å². The SMILES string of the molecule is Cn1cc(CC(=O)N[C@@H]2CCC[C@@H](CN3CCCNC(=O)C3)C2)c2ccccc21. The first kappa shape index (κ1) is 20.0. The van der Waals surface area contributed by atoms with Crippen LogP contribution in [0.15, 0.2) is 30.5 Å². The number of hydrogen-bond acceptors (Lipinski definition) is 3. The van der Waals surface area contributed by atoms with Gasteiger partial charge in [-0.05, 0) is 43.2 Å². The summed E-state index contributed by atoms with van der Waals surface area (Å²) in [6.45, 7) is 3.23. The summed E-state index contributed by atoms with van der Waals surface area (Å²) in [7, 11) is 2.03. The van der Waals surface area contributed by atoms with Crippen LogP contribution in [-0.4, -0.2) is 53.5 Å². The number of carbonyl (C=O) groups excluding carboxylic acids is 2. The molecular weight excluding hydrogens is 364 g/mol. The van der Waals surface area contributed by atoms with Crippen molar-refractivity contribution in [1.29, 1.82) is 0 Å². The van der Waals surface area contributed by atoms with E-state index >= 15 is 0 Å². The maximum absolute atomic E-state index is 12.7. The molecule has 1 aromatic heterocycles. The Bertz CT molecular complexity index is 875. The highest BCUT2D eigenvalue weighted by Crippen LogP contribution is 2.26. The molecule has 2 heterocycles. The van der Waals surface area contributed by atoms with Crippen LogP contribution in [0.3, 0.4) is 0 Å². The summed E-state index contributed by atoms with van der Waals surface area (Å²) in [5.74, 6) is 0.803. The minimum Gasteiger partial charge on any atom is -0.355 e. The Kier molecular flexibility index (Phi) is 6.19. The van der Waals surface area contributed by atoms with Gasteiger partial charge in [0.25, 0.3) is 0 Å². The lowest BCUT2D eigenvalue weighted by Crippen LogP contribution is -2.42. The molecule has 0 bridgehead atoms. The summed E-state index contributed by atoms with van der Waals surface area (Å²) in [6, 6.07) is 8.48. The van der Waals surface area contributed by atoms with Gasteiger partial charge in [0, 0.05) is 49.8 Å². The maximum atomic E-state index is 12.7. The number of aromatic nitrogens is 1. The van der Waals surface area contributed by atoms with E-state index < -0.39 is 0 Å². The Balaban J connectivity index is 1.31. The summed E-state index contributed by atoms with van der Waals surface area (Å²) in [5, 5.41) is 7.39. The van der Waals surface area contributed by atoms with Gasteiger partial charge in [0.15, 0.2) is 0 Å². The highest BCUT2D eigenvalue weighted by atomic mass is 16.2. The molecule has 2 N–H and O–H groups in total. The van der Waals surface area contributed by atoms with Crippen molar-refractivity contribution >= 4 is 22.7 Å². The zero-order valence-corrected chi connectivity index (χ0v) is 17.3. The first-order chi connectivity index (χ1) is 14.1. The quantitative estimate of drug-likeness (QED) is 0.814. The molecule has 1 aromatic carbocycles. The fraction of sp³-hybridized carbons (Fsp3) is 0.565. The van der Waals surface area contributed by atoms with Gasteiger partial charge in [-0.15, -0.1) is 0 Å². The normalized spacial score (nSPS) is 23.6. The van der Waals surface area contributed by atoms with Crippen LogP contribution in [0, 0.1) is 5.92 Å². The second-order valence-electron chi connectivity index (χ2n) is 8.69. The third kappa shape index (κ3) is 4.99. The van der Waals surface area contributed by atoms with Gasteiger partial charge in [0.05, 0.1) is 13.0 Å². The molecule has 0 radical (unpaired) electrons. The lowest BCUT2D eigenvalue weighted by Gasteiger charge is -2.33. The van der Waals surface area contributed by atoms with E-state index in [9.17, 15) is 9.59 Å². The molecule has 4 rings (SSSR count). The van der Waals surface area contributed by atoms with Crippen LogP contribution in [0.2, 0.25) is 0 Å². The number of rotatable bonds is 5. The number of hydrogen-bond donors (Lipinski definition) is 2. The van der Waals surface area contributed by atoms with Crippen molar-refractivity contribution in [1.82, 2.24) is 20.1 Å². The smallest absolute Gasteiger partial charge is 0.234 e. The van der Waals surface area contributed by atoms with Crippen molar-refractivity contribution in [2.45, 2.75) is 44.6 Å². The predicted octanol–water partition coefficient (Wildman–Crippen LogP) is 2.22. The molecule has 0 spiro atoms. The van der Waals surface area contributed by atoms with Gasteiger partial charge in [-0.3, -0.25) is 14.5 Å². The number of aryl methyl sites for hydroxylation is 1. The van der Waals surface area contributed by atoms with Crippen molar-refractivity contribution in [3.63, 3.8) is 0 Å². The molecule has 6 nitrogen and oxygen atoms in total. The topological polar surface area (TPSA) is 66.4 Å². The molecule has 0 unspecified atom stereocenters. The van der Waals surface area contributed by atoms with Crippen LogP contribution < -0.4 is 10.6 Å². The highest BCUT2D eigenvalue weighted by Gasteiger charge is 2.26. The van der Waals surface area contributed by atoms with Gasteiger partial charge < -0.3 is 15.2 Å². The standard InChI is InChI=1S/C23H32N4O2/c1-26-15-18(20-8-2-3-9-21(20)26)13-22(28)25-19-7-4-6-17(12-19)14-27-11-5-10-24-23(29)16-27/h2-3,8-9,15,17,19H,4-7,10-14,16H2,1H3,(H,24,29)(H,25,28)/t17-,19-/m1/s1. The van der Waals surface area contributed by atoms with Gasteiger partial charge in [0.1, 0.15) is 0 Å². The fourth-order valence-corrected chi connectivity index (χ4v) is 5.00. The average Bonchev–Trinajstić information content (AvgIpc) is 2.86. The van der Waals surface area contributed by atoms with Crippen LogP contribution in [0.1, 0.15) is 37.7 Å². The first-order valence-corrected chi connectivity index (χ1v) is 10.9. The number of carbonyl (C=O) groups is 2. The minimum absolute atomic E-state index is 0.112. The monoisotopic (exact) mass is 396 g/mol. The van der Waals surface area contributed by atoms with Crippen molar-refractivity contribution in [2.24, 2.45) is 13.0 Å². The number of amides is 2. The second kappa shape index (κ2) is 8.99. The van der Waals surface area contributed by atoms with E-state index in [1.54, 1.807) is 0 Å². The summed E-state index contributed by atoms with van der Waals surface area (Å²) in [4.78, 5) is 26.8. The Hall–Kier alpha value is -2.34. The molecule has 29 heavy (non-hydrogen) atoms. The van der Waals surface area contributed by atoms with Gasteiger partial charge in [-0.1, -0.05) is 24.6 Å². The molecule has 156 valence electrons. The molecule has 2 atom stereocenters. The van der Waals surface area contributed by atoms with Crippen molar-refractivity contribution in [3.8, 4) is 0 Å². The van der Waals surface area contributed by atoms with Gasteiger partial charge in [0.2, 0.25) is 11.8 Å². The Labute approximate surface area is 172 Å². The zero-order valence-electron chi connectivity index (χ0n) is 17.3. The third-order valence-electron chi connectivity index (χ3n) is 6.34. The first-order valence-electron chi connectivity index (χ1n) is 10.9. The zero-order chi connectivity index (χ0) is 20.2. The molecule has 1 saturated heterocycles. The molecule has 2 amide bonds. The number of fused-ring (bicyclic) bond motifs is 1. The van der Waals surface area contributed by atoms with Gasteiger partial charge in [-0.25, -0.2) is 0 Å². The Morgan fingerprint density at radius 3 is 3.00 bits per heavy atom. The van der Waals surface area contributed by atoms with Crippen LogP contribution >= 0.6 is 0 Å². The summed E-state index contributed by atoms with van der Waals surface area (Å²) in [6.07, 6.45) is 7.91. The van der Waals surface area contributed by atoms with E-state index in [2.05, 4.69) is 38.4 Å². The van der Waals surface area contributed by atoms with Crippen LogP contribution in [-0.2, 0) is 23.1 Å². The van der Waals surface area contributed by atoms with E-state index in [1.165, 1.54) is 6.42 Å². The van der Waals surface area contributed by atoms with Crippen LogP contribution in [0.25, 0.3) is 10.9 Å². The van der Waals surface area contributed by atoms with Crippen molar-refractivity contribution in [3.05, 3.63) is 36.0 Å². The fourth-order valence-electron chi connectivity index (χ4n) is 5.00.